The number of benzene rings is 1. The van der Waals surface area contributed by atoms with Gasteiger partial charge < -0.3 is 0 Å². The first kappa shape index (κ1) is 12.6. The quantitative estimate of drug-likeness (QED) is 0.586. The van der Waals surface area contributed by atoms with Crippen molar-refractivity contribution < 1.29 is 9.18 Å². The first-order valence-electron chi connectivity index (χ1n) is 6.10. The Morgan fingerprint density at radius 3 is 2.76 bits per heavy atom. The molecule has 0 heterocycles. The fraction of sp³-hybridized carbons (Fsp3) is 0.500. The zero-order chi connectivity index (χ0) is 12.3. The molecule has 0 aliphatic heterocycles. The van der Waals surface area contributed by atoms with E-state index in [1.54, 1.807) is 12.1 Å². The lowest BCUT2D eigenvalue weighted by Gasteiger charge is -2.11. The van der Waals surface area contributed by atoms with Gasteiger partial charge in [-0.15, -0.1) is 11.8 Å². The molecule has 92 valence electrons. The minimum atomic E-state index is -0.263. The van der Waals surface area contributed by atoms with Gasteiger partial charge in [-0.3, -0.25) is 4.79 Å². The van der Waals surface area contributed by atoms with Crippen LogP contribution < -0.4 is 0 Å². The third kappa shape index (κ3) is 3.09. The van der Waals surface area contributed by atoms with Crippen molar-refractivity contribution in [1.82, 2.24) is 0 Å². The number of thioether (sulfide) groups is 1. The van der Waals surface area contributed by atoms with E-state index in [1.807, 2.05) is 0 Å². The monoisotopic (exact) mass is 252 g/mol. The second-order valence-corrected chi connectivity index (χ2v) is 5.66. The van der Waals surface area contributed by atoms with Crippen LogP contribution in [0.1, 0.15) is 43.0 Å². The molecule has 2 rings (SSSR count). The zero-order valence-electron chi connectivity index (χ0n) is 10.0. The summed E-state index contributed by atoms with van der Waals surface area (Å²) in [6.07, 6.45) is 5.08. The summed E-state index contributed by atoms with van der Waals surface area (Å²) in [5, 5.41) is 0. The summed E-state index contributed by atoms with van der Waals surface area (Å²) in [5.41, 5.74) is 0.521. The number of carbonyl (C=O) groups is 1. The third-order valence-electron chi connectivity index (χ3n) is 3.28. The maximum absolute atomic E-state index is 13.7. The van der Waals surface area contributed by atoms with Gasteiger partial charge in [0.2, 0.25) is 0 Å². The summed E-state index contributed by atoms with van der Waals surface area (Å²) in [7, 11) is 0. The van der Waals surface area contributed by atoms with Crippen molar-refractivity contribution in [2.45, 2.75) is 37.5 Å². The Bertz CT molecular complexity index is 411. The average molecular weight is 252 g/mol. The van der Waals surface area contributed by atoms with Gasteiger partial charge >= 0.3 is 0 Å². The molecule has 0 radical (unpaired) electrons. The molecular formula is C14H17FOS. The first-order valence-corrected chi connectivity index (χ1v) is 7.09. The summed E-state index contributed by atoms with van der Waals surface area (Å²) in [5.74, 6) is 1.31. The maximum atomic E-state index is 13.7. The summed E-state index contributed by atoms with van der Waals surface area (Å²) < 4.78 is 13.7. The van der Waals surface area contributed by atoms with Crippen molar-refractivity contribution >= 4 is 17.5 Å². The maximum Gasteiger partial charge on any atom is 0.161 e. The molecule has 1 fully saturated rings. The van der Waals surface area contributed by atoms with Gasteiger partial charge in [0.05, 0.1) is 4.90 Å². The smallest absolute Gasteiger partial charge is 0.161 e. The van der Waals surface area contributed by atoms with Crippen LogP contribution in [0.4, 0.5) is 4.39 Å². The lowest BCUT2D eigenvalue weighted by atomic mass is 10.1. The van der Waals surface area contributed by atoms with Gasteiger partial charge in [-0.25, -0.2) is 4.39 Å². The van der Waals surface area contributed by atoms with Crippen LogP contribution >= 0.6 is 11.8 Å². The van der Waals surface area contributed by atoms with Crippen LogP contribution in [0.2, 0.25) is 0 Å². The SMILES string of the molecule is CC(=O)c1cccc(F)c1SCC1CCCC1. The first-order chi connectivity index (χ1) is 8.18. The van der Waals surface area contributed by atoms with Crippen LogP contribution in [0, 0.1) is 11.7 Å². The van der Waals surface area contributed by atoms with Gasteiger partial charge in [-0.2, -0.15) is 0 Å². The van der Waals surface area contributed by atoms with E-state index in [-0.39, 0.29) is 11.6 Å². The molecule has 1 aromatic carbocycles. The number of halogens is 1. The van der Waals surface area contributed by atoms with Crippen molar-refractivity contribution in [3.8, 4) is 0 Å². The van der Waals surface area contributed by atoms with Gasteiger partial charge in [0, 0.05) is 11.3 Å². The topological polar surface area (TPSA) is 17.1 Å². The average Bonchev–Trinajstić information content (AvgIpc) is 2.80. The van der Waals surface area contributed by atoms with E-state index in [1.165, 1.54) is 50.4 Å². The summed E-state index contributed by atoms with van der Waals surface area (Å²) >= 11 is 1.50. The van der Waals surface area contributed by atoms with E-state index < -0.39 is 0 Å². The van der Waals surface area contributed by atoms with Crippen LogP contribution in [0.3, 0.4) is 0 Å². The van der Waals surface area contributed by atoms with Gasteiger partial charge in [0.25, 0.3) is 0 Å². The molecule has 0 atom stereocenters. The minimum absolute atomic E-state index is 0.0570. The minimum Gasteiger partial charge on any atom is -0.294 e. The normalized spacial score (nSPS) is 16.4. The lowest BCUT2D eigenvalue weighted by molar-refractivity contribution is 0.101. The predicted octanol–water partition coefficient (Wildman–Crippen LogP) is 4.31. The Morgan fingerprint density at radius 1 is 1.41 bits per heavy atom. The Balaban J connectivity index is 2.10. The third-order valence-corrected chi connectivity index (χ3v) is 4.63. The van der Waals surface area contributed by atoms with E-state index in [0.717, 1.165) is 5.75 Å². The summed E-state index contributed by atoms with van der Waals surface area (Å²) in [4.78, 5) is 12.0. The van der Waals surface area contributed by atoms with Gasteiger partial charge in [-0.05, 0) is 31.7 Å². The molecule has 0 spiro atoms. The Morgan fingerprint density at radius 2 is 2.12 bits per heavy atom. The number of ketones is 1. The highest BCUT2D eigenvalue weighted by molar-refractivity contribution is 7.99. The molecule has 1 aromatic rings. The predicted molar refractivity (Wildman–Crippen MR) is 69.1 cm³/mol. The summed E-state index contributed by atoms with van der Waals surface area (Å²) in [6.45, 7) is 1.49. The number of carbonyl (C=O) groups excluding carboxylic acids is 1. The van der Waals surface area contributed by atoms with Crippen molar-refractivity contribution in [2.75, 3.05) is 5.75 Å². The van der Waals surface area contributed by atoms with Crippen molar-refractivity contribution in [2.24, 2.45) is 5.92 Å². The molecule has 0 amide bonds. The highest BCUT2D eigenvalue weighted by atomic mass is 32.2. The lowest BCUT2D eigenvalue weighted by Crippen LogP contribution is -2.01. The molecule has 0 saturated heterocycles. The standard InChI is InChI=1S/C14H17FOS/c1-10(16)12-7-4-8-13(15)14(12)17-9-11-5-2-3-6-11/h4,7-8,11H,2-3,5-6,9H2,1H3. The Hall–Kier alpha value is -0.830. The van der Waals surface area contributed by atoms with Crippen molar-refractivity contribution in [3.05, 3.63) is 29.6 Å². The van der Waals surface area contributed by atoms with E-state index in [2.05, 4.69) is 0 Å². The highest BCUT2D eigenvalue weighted by Crippen LogP contribution is 2.33. The molecule has 1 saturated carbocycles. The summed E-state index contributed by atoms with van der Waals surface area (Å²) in [6, 6.07) is 4.75. The molecule has 0 bridgehead atoms. The molecule has 3 heteroatoms. The second kappa shape index (κ2) is 5.67. The highest BCUT2D eigenvalue weighted by Gasteiger charge is 2.18. The van der Waals surface area contributed by atoms with E-state index in [0.29, 0.717) is 16.4 Å². The molecule has 1 aliphatic carbocycles. The Labute approximate surface area is 106 Å². The van der Waals surface area contributed by atoms with E-state index in [4.69, 9.17) is 0 Å². The van der Waals surface area contributed by atoms with Crippen LogP contribution in [0.25, 0.3) is 0 Å². The molecule has 17 heavy (non-hydrogen) atoms. The van der Waals surface area contributed by atoms with Gasteiger partial charge in [0.15, 0.2) is 5.78 Å². The second-order valence-electron chi connectivity index (χ2n) is 4.63. The molecular weight excluding hydrogens is 235 g/mol. The number of Topliss-reactive ketones (excluding diaryl/α,β-unsaturated/α-hetero) is 1. The Kier molecular flexibility index (Phi) is 4.21. The number of hydrogen-bond donors (Lipinski definition) is 0. The van der Waals surface area contributed by atoms with Crippen molar-refractivity contribution in [1.29, 1.82) is 0 Å². The molecule has 0 unspecified atom stereocenters. The van der Waals surface area contributed by atoms with Gasteiger partial charge in [-0.1, -0.05) is 25.0 Å². The van der Waals surface area contributed by atoms with Crippen LogP contribution in [0.5, 0.6) is 0 Å². The van der Waals surface area contributed by atoms with Crippen LogP contribution in [-0.2, 0) is 0 Å². The zero-order valence-corrected chi connectivity index (χ0v) is 10.9. The van der Waals surface area contributed by atoms with Crippen molar-refractivity contribution in [3.63, 3.8) is 0 Å². The van der Waals surface area contributed by atoms with E-state index in [9.17, 15) is 9.18 Å². The molecule has 1 nitrogen and oxygen atoms in total. The van der Waals surface area contributed by atoms with E-state index >= 15 is 0 Å². The molecule has 0 N–H and O–H groups in total. The number of hydrogen-bond acceptors (Lipinski definition) is 2. The largest absolute Gasteiger partial charge is 0.294 e. The fourth-order valence-corrected chi connectivity index (χ4v) is 3.62. The van der Waals surface area contributed by atoms with Crippen LogP contribution in [-0.4, -0.2) is 11.5 Å². The molecule has 1 aliphatic rings. The van der Waals surface area contributed by atoms with Crippen LogP contribution in [0.15, 0.2) is 23.1 Å². The fourth-order valence-electron chi connectivity index (χ4n) is 2.31. The molecule has 0 aromatic heterocycles. The van der Waals surface area contributed by atoms with Gasteiger partial charge in [0.1, 0.15) is 5.82 Å². The number of rotatable bonds is 4.